The van der Waals surface area contributed by atoms with Gasteiger partial charge in [-0.2, -0.15) is 0 Å². The SMILES string of the molecule is Cc1ccc(C(C)(C)C)c(C(C)(C)C)c1OP(O)O. The lowest BCUT2D eigenvalue weighted by atomic mass is 9.74. The van der Waals surface area contributed by atoms with Gasteiger partial charge in [0, 0.05) is 5.56 Å². The van der Waals surface area contributed by atoms with Gasteiger partial charge in [-0.3, -0.25) is 0 Å². The van der Waals surface area contributed by atoms with Crippen LogP contribution in [0.4, 0.5) is 0 Å². The summed E-state index contributed by atoms with van der Waals surface area (Å²) in [5, 5.41) is 0. The van der Waals surface area contributed by atoms with Crippen molar-refractivity contribution >= 4 is 8.60 Å². The average Bonchev–Trinajstić information content (AvgIpc) is 2.16. The molecule has 0 fully saturated rings. The van der Waals surface area contributed by atoms with Gasteiger partial charge in [0.15, 0.2) is 0 Å². The summed E-state index contributed by atoms with van der Waals surface area (Å²) in [5.41, 5.74) is 3.00. The van der Waals surface area contributed by atoms with Crippen LogP contribution in [0.1, 0.15) is 58.2 Å². The van der Waals surface area contributed by atoms with Crippen LogP contribution in [0.5, 0.6) is 5.75 Å². The maximum atomic E-state index is 9.21. The second-order valence-corrected chi connectivity index (χ2v) is 7.67. The number of rotatable bonds is 2. The van der Waals surface area contributed by atoms with Crippen LogP contribution in [-0.4, -0.2) is 9.79 Å². The lowest BCUT2D eigenvalue weighted by Gasteiger charge is -2.32. The van der Waals surface area contributed by atoms with Crippen molar-refractivity contribution in [1.29, 1.82) is 0 Å². The summed E-state index contributed by atoms with van der Waals surface area (Å²) in [4.78, 5) is 18.4. The third-order valence-electron chi connectivity index (χ3n) is 3.09. The van der Waals surface area contributed by atoms with E-state index in [2.05, 4.69) is 47.6 Å². The van der Waals surface area contributed by atoms with Crippen molar-refractivity contribution < 1.29 is 14.3 Å². The summed E-state index contributed by atoms with van der Waals surface area (Å²) in [6, 6.07) is 4.09. The van der Waals surface area contributed by atoms with Gasteiger partial charge < -0.3 is 14.3 Å². The van der Waals surface area contributed by atoms with Crippen molar-refractivity contribution in [1.82, 2.24) is 0 Å². The van der Waals surface area contributed by atoms with E-state index in [9.17, 15) is 9.79 Å². The Balaban J connectivity index is 3.61. The third-order valence-corrected chi connectivity index (χ3v) is 3.43. The molecule has 0 aromatic heterocycles. The van der Waals surface area contributed by atoms with Crippen LogP contribution in [0.2, 0.25) is 0 Å². The molecule has 0 aliphatic carbocycles. The molecular weight excluding hydrogens is 259 g/mol. The van der Waals surface area contributed by atoms with Crippen LogP contribution in [0, 0.1) is 6.92 Å². The Bertz CT molecular complexity index is 454. The molecule has 0 spiro atoms. The van der Waals surface area contributed by atoms with Crippen molar-refractivity contribution in [3.63, 3.8) is 0 Å². The molecule has 0 saturated carbocycles. The van der Waals surface area contributed by atoms with E-state index in [1.807, 2.05) is 13.0 Å². The Labute approximate surface area is 117 Å². The molecule has 1 aromatic rings. The minimum absolute atomic E-state index is 0.0257. The molecule has 0 radical (unpaired) electrons. The highest BCUT2D eigenvalue weighted by Gasteiger charge is 2.30. The highest BCUT2D eigenvalue weighted by atomic mass is 31.2. The topological polar surface area (TPSA) is 49.7 Å². The zero-order valence-corrected chi connectivity index (χ0v) is 13.8. The van der Waals surface area contributed by atoms with Crippen LogP contribution >= 0.6 is 8.60 Å². The first kappa shape index (κ1) is 16.4. The average molecular weight is 284 g/mol. The van der Waals surface area contributed by atoms with E-state index >= 15 is 0 Å². The monoisotopic (exact) mass is 284 g/mol. The summed E-state index contributed by atoms with van der Waals surface area (Å²) in [6.45, 7) is 14.7. The molecule has 2 N–H and O–H groups in total. The van der Waals surface area contributed by atoms with E-state index < -0.39 is 8.60 Å². The van der Waals surface area contributed by atoms with Gasteiger partial charge in [-0.1, -0.05) is 53.7 Å². The van der Waals surface area contributed by atoms with Gasteiger partial charge >= 0.3 is 8.60 Å². The summed E-state index contributed by atoms with van der Waals surface area (Å²) in [7, 11) is -2.40. The fourth-order valence-electron chi connectivity index (χ4n) is 2.26. The first-order valence-electron chi connectivity index (χ1n) is 6.45. The Morgan fingerprint density at radius 3 is 1.84 bits per heavy atom. The second-order valence-electron chi connectivity index (χ2n) is 6.98. The van der Waals surface area contributed by atoms with Crippen LogP contribution in [-0.2, 0) is 10.8 Å². The molecule has 0 bridgehead atoms. The molecule has 1 aromatic carbocycles. The normalized spacial score (nSPS) is 12.9. The molecule has 0 heterocycles. The molecule has 0 unspecified atom stereocenters. The lowest BCUT2D eigenvalue weighted by molar-refractivity contribution is 0.366. The predicted octanol–water partition coefficient (Wildman–Crippen LogP) is 4.18. The first-order chi connectivity index (χ1) is 8.44. The van der Waals surface area contributed by atoms with E-state index in [4.69, 9.17) is 4.52 Å². The summed E-state index contributed by atoms with van der Waals surface area (Å²) < 4.78 is 5.31. The van der Waals surface area contributed by atoms with Gasteiger partial charge in [-0.15, -0.1) is 0 Å². The maximum absolute atomic E-state index is 9.21. The second kappa shape index (κ2) is 5.40. The van der Waals surface area contributed by atoms with Crippen molar-refractivity contribution in [2.45, 2.75) is 59.3 Å². The smallest absolute Gasteiger partial charge is 0.391 e. The molecule has 0 saturated heterocycles. The molecule has 0 aliphatic rings. The summed E-state index contributed by atoms with van der Waals surface area (Å²) >= 11 is 0. The zero-order valence-electron chi connectivity index (χ0n) is 12.9. The summed E-state index contributed by atoms with van der Waals surface area (Å²) in [5.74, 6) is 0.607. The van der Waals surface area contributed by atoms with E-state index in [1.165, 1.54) is 5.56 Å². The maximum Gasteiger partial charge on any atom is 0.391 e. The van der Waals surface area contributed by atoms with E-state index in [0.717, 1.165) is 11.1 Å². The quantitative estimate of drug-likeness (QED) is 0.801. The molecule has 4 heteroatoms. The van der Waals surface area contributed by atoms with Gasteiger partial charge in [0.1, 0.15) is 5.75 Å². The van der Waals surface area contributed by atoms with Gasteiger partial charge in [-0.25, -0.2) is 0 Å². The number of hydrogen-bond donors (Lipinski definition) is 2. The summed E-state index contributed by atoms with van der Waals surface area (Å²) in [6.07, 6.45) is 0. The Kier molecular flexibility index (Phi) is 4.66. The molecule has 108 valence electrons. The number of benzene rings is 1. The van der Waals surface area contributed by atoms with E-state index in [1.54, 1.807) is 0 Å². The van der Waals surface area contributed by atoms with Crippen molar-refractivity contribution in [2.24, 2.45) is 0 Å². The van der Waals surface area contributed by atoms with Crippen molar-refractivity contribution in [3.8, 4) is 5.75 Å². The van der Waals surface area contributed by atoms with Crippen molar-refractivity contribution in [3.05, 3.63) is 28.8 Å². The standard InChI is InChI=1S/C15H25O3P/c1-10-8-9-11(14(2,3)4)12(15(5,6)7)13(10)18-19(16)17/h8-9,16-17H,1-7H3. The molecule has 1 rings (SSSR count). The van der Waals surface area contributed by atoms with Gasteiger partial charge in [-0.05, 0) is 28.9 Å². The molecule has 0 aliphatic heterocycles. The fourth-order valence-corrected chi connectivity index (χ4v) is 2.65. The molecule has 3 nitrogen and oxygen atoms in total. The minimum Gasteiger partial charge on any atom is -0.426 e. The first-order valence-corrected chi connectivity index (χ1v) is 7.61. The molecule has 19 heavy (non-hydrogen) atoms. The van der Waals surface area contributed by atoms with Gasteiger partial charge in [0.2, 0.25) is 0 Å². The molecule has 0 amide bonds. The lowest BCUT2D eigenvalue weighted by Crippen LogP contribution is -2.23. The highest BCUT2D eigenvalue weighted by Crippen LogP contribution is 2.44. The zero-order chi connectivity index (χ0) is 15.0. The van der Waals surface area contributed by atoms with Crippen LogP contribution in [0.15, 0.2) is 12.1 Å². The Hall–Kier alpha value is -0.630. The van der Waals surface area contributed by atoms with Crippen LogP contribution in [0.25, 0.3) is 0 Å². The van der Waals surface area contributed by atoms with E-state index in [0.29, 0.717) is 5.75 Å². The van der Waals surface area contributed by atoms with E-state index in [-0.39, 0.29) is 10.8 Å². The highest BCUT2D eigenvalue weighted by molar-refractivity contribution is 7.39. The third kappa shape index (κ3) is 3.92. The Morgan fingerprint density at radius 1 is 0.947 bits per heavy atom. The number of hydrogen-bond acceptors (Lipinski definition) is 3. The van der Waals surface area contributed by atoms with Crippen molar-refractivity contribution in [2.75, 3.05) is 0 Å². The minimum atomic E-state index is -2.40. The van der Waals surface area contributed by atoms with Crippen LogP contribution in [0.3, 0.4) is 0 Å². The van der Waals surface area contributed by atoms with Crippen LogP contribution < -0.4 is 4.52 Å². The van der Waals surface area contributed by atoms with Gasteiger partial charge in [0.05, 0.1) is 0 Å². The predicted molar refractivity (Wildman–Crippen MR) is 80.6 cm³/mol. The molecular formula is C15H25O3P. The largest absolute Gasteiger partial charge is 0.426 e. The number of aryl methyl sites for hydroxylation is 1. The van der Waals surface area contributed by atoms with Gasteiger partial charge in [0.25, 0.3) is 0 Å². The Morgan fingerprint density at radius 2 is 1.47 bits per heavy atom. The fraction of sp³-hybridized carbons (Fsp3) is 0.600. The molecule has 0 atom stereocenters.